The molecule has 1 rings (SSSR count). The van der Waals surface area contributed by atoms with Gasteiger partial charge in [-0.2, -0.15) is 9.97 Å². The molecule has 1 unspecified atom stereocenters. The Bertz CT molecular complexity index is 378. The van der Waals surface area contributed by atoms with E-state index >= 15 is 0 Å². The Hall–Kier alpha value is -1.37. The maximum atomic E-state index is 11.6. The van der Waals surface area contributed by atoms with Crippen LogP contribution in [0.25, 0.3) is 0 Å². The fourth-order valence-electron chi connectivity index (χ4n) is 1.04. The maximum Gasteiger partial charge on any atom is 0.240 e. The summed E-state index contributed by atoms with van der Waals surface area (Å²) in [6.45, 7) is 1.89. The molecule has 0 spiro atoms. The van der Waals surface area contributed by atoms with Crippen LogP contribution in [0.4, 0.5) is 5.95 Å². The van der Waals surface area contributed by atoms with Gasteiger partial charge < -0.3 is 9.47 Å². The van der Waals surface area contributed by atoms with Crippen molar-refractivity contribution in [2.45, 2.75) is 18.2 Å². The monoisotopic (exact) mass is 303 g/mol. The predicted molar refractivity (Wildman–Crippen MR) is 66.8 cm³/mol. The lowest BCUT2D eigenvalue weighted by Gasteiger charge is -2.09. The van der Waals surface area contributed by atoms with Crippen molar-refractivity contribution in [2.75, 3.05) is 19.5 Å². The summed E-state index contributed by atoms with van der Waals surface area (Å²) in [5, 5.41) is 2.57. The van der Waals surface area contributed by atoms with Gasteiger partial charge in [-0.15, -0.1) is 0 Å². The van der Waals surface area contributed by atoms with E-state index in [-0.39, 0.29) is 16.7 Å². The molecule has 0 bridgehead atoms. The van der Waals surface area contributed by atoms with Crippen LogP contribution in [-0.4, -0.2) is 34.9 Å². The number of hydrogen-bond donors (Lipinski definition) is 1. The summed E-state index contributed by atoms with van der Waals surface area (Å²) in [5.74, 6) is 0.608. The standard InChI is InChI=1S/C10H14BrN3O3/c1-4-6(11)9(15)14-10-12-7(16-2)5-8(13-10)17-3/h5-6H,4H2,1-3H3,(H,12,13,14,15). The van der Waals surface area contributed by atoms with Crippen LogP contribution in [0.2, 0.25) is 0 Å². The predicted octanol–water partition coefficient (Wildman–Crippen LogP) is 1.61. The molecule has 0 saturated heterocycles. The molecule has 0 aliphatic carbocycles. The molecule has 0 aromatic carbocycles. The average molecular weight is 304 g/mol. The smallest absolute Gasteiger partial charge is 0.240 e. The normalized spacial score (nSPS) is 11.8. The molecule has 0 aliphatic rings. The van der Waals surface area contributed by atoms with Crippen LogP contribution in [0.5, 0.6) is 11.8 Å². The summed E-state index contributed by atoms with van der Waals surface area (Å²) >= 11 is 3.24. The fourth-order valence-corrected chi connectivity index (χ4v) is 1.16. The van der Waals surface area contributed by atoms with Gasteiger partial charge in [-0.1, -0.05) is 22.9 Å². The zero-order chi connectivity index (χ0) is 12.8. The number of aromatic nitrogens is 2. The van der Waals surface area contributed by atoms with Crippen molar-refractivity contribution in [2.24, 2.45) is 0 Å². The Labute approximate surface area is 108 Å². The first-order valence-electron chi connectivity index (χ1n) is 5.02. The maximum absolute atomic E-state index is 11.6. The number of halogens is 1. The second kappa shape index (κ2) is 6.39. The van der Waals surface area contributed by atoms with Gasteiger partial charge >= 0.3 is 0 Å². The minimum absolute atomic E-state index is 0.157. The Morgan fingerprint density at radius 2 is 1.94 bits per heavy atom. The number of methoxy groups -OCH3 is 2. The molecule has 7 heteroatoms. The Morgan fingerprint density at radius 3 is 2.35 bits per heavy atom. The van der Waals surface area contributed by atoms with Gasteiger partial charge in [0.15, 0.2) is 0 Å². The van der Waals surface area contributed by atoms with E-state index < -0.39 is 0 Å². The van der Waals surface area contributed by atoms with Gasteiger partial charge in [0.1, 0.15) is 0 Å². The lowest BCUT2D eigenvalue weighted by atomic mass is 10.3. The van der Waals surface area contributed by atoms with E-state index in [0.717, 1.165) is 0 Å². The molecular weight excluding hydrogens is 290 g/mol. The van der Waals surface area contributed by atoms with Crippen LogP contribution in [0.3, 0.4) is 0 Å². The number of anilines is 1. The molecule has 0 saturated carbocycles. The SMILES string of the molecule is CCC(Br)C(=O)Nc1nc(OC)cc(OC)n1. The summed E-state index contributed by atoms with van der Waals surface area (Å²) in [7, 11) is 2.96. The second-order valence-corrected chi connectivity index (χ2v) is 4.25. The van der Waals surface area contributed by atoms with Gasteiger partial charge in [-0.3, -0.25) is 10.1 Å². The third-order valence-electron chi connectivity index (χ3n) is 1.98. The molecule has 1 heterocycles. The first kappa shape index (κ1) is 13.7. The van der Waals surface area contributed by atoms with Gasteiger partial charge in [0.2, 0.25) is 23.6 Å². The number of rotatable bonds is 5. The number of hydrogen-bond acceptors (Lipinski definition) is 5. The quantitative estimate of drug-likeness (QED) is 0.837. The molecule has 1 amide bonds. The summed E-state index contributed by atoms with van der Waals surface area (Å²) < 4.78 is 9.94. The van der Waals surface area contributed by atoms with Crippen molar-refractivity contribution in [3.05, 3.63) is 6.07 Å². The van der Waals surface area contributed by atoms with Crippen LogP contribution in [0.1, 0.15) is 13.3 Å². The summed E-state index contributed by atoms with van der Waals surface area (Å²) in [6.07, 6.45) is 0.674. The first-order valence-corrected chi connectivity index (χ1v) is 5.94. The molecule has 1 aromatic rings. The minimum atomic E-state index is -0.275. The van der Waals surface area contributed by atoms with Crippen LogP contribution < -0.4 is 14.8 Å². The van der Waals surface area contributed by atoms with E-state index in [1.54, 1.807) is 0 Å². The van der Waals surface area contributed by atoms with E-state index in [9.17, 15) is 4.79 Å². The number of ether oxygens (including phenoxy) is 2. The van der Waals surface area contributed by atoms with E-state index in [1.165, 1.54) is 20.3 Å². The van der Waals surface area contributed by atoms with Crippen LogP contribution in [-0.2, 0) is 4.79 Å². The molecule has 1 aromatic heterocycles. The highest BCUT2D eigenvalue weighted by Gasteiger charge is 2.15. The second-order valence-electron chi connectivity index (χ2n) is 3.14. The van der Waals surface area contributed by atoms with Gasteiger partial charge in [-0.05, 0) is 6.42 Å². The van der Waals surface area contributed by atoms with Crippen molar-refractivity contribution >= 4 is 27.8 Å². The molecule has 0 aliphatic heterocycles. The number of nitrogens with one attached hydrogen (secondary N) is 1. The molecule has 1 N–H and O–H groups in total. The lowest BCUT2D eigenvalue weighted by molar-refractivity contribution is -0.115. The zero-order valence-electron chi connectivity index (χ0n) is 9.86. The van der Waals surface area contributed by atoms with Gasteiger partial charge in [0.25, 0.3) is 0 Å². The van der Waals surface area contributed by atoms with Crippen LogP contribution >= 0.6 is 15.9 Å². The highest BCUT2D eigenvalue weighted by atomic mass is 79.9. The van der Waals surface area contributed by atoms with E-state index in [2.05, 4.69) is 31.2 Å². The van der Waals surface area contributed by atoms with Crippen molar-refractivity contribution in [1.29, 1.82) is 0 Å². The summed E-state index contributed by atoms with van der Waals surface area (Å²) in [5.41, 5.74) is 0. The largest absolute Gasteiger partial charge is 0.481 e. The first-order chi connectivity index (χ1) is 8.10. The minimum Gasteiger partial charge on any atom is -0.481 e. The van der Waals surface area contributed by atoms with Gasteiger partial charge in [0.05, 0.1) is 25.1 Å². The highest BCUT2D eigenvalue weighted by molar-refractivity contribution is 9.10. The lowest BCUT2D eigenvalue weighted by Crippen LogP contribution is -2.23. The molecule has 17 heavy (non-hydrogen) atoms. The Morgan fingerprint density at radius 1 is 1.41 bits per heavy atom. The molecule has 1 atom stereocenters. The number of carbonyl (C=O) groups excluding carboxylic acids is 1. The number of carbonyl (C=O) groups is 1. The van der Waals surface area contributed by atoms with Crippen LogP contribution in [0.15, 0.2) is 6.07 Å². The summed E-state index contributed by atoms with van der Waals surface area (Å²) in [4.78, 5) is 19.3. The number of nitrogens with zero attached hydrogens (tertiary/aromatic N) is 2. The van der Waals surface area contributed by atoms with Crippen molar-refractivity contribution in [3.63, 3.8) is 0 Å². The third-order valence-corrected chi connectivity index (χ3v) is 3.04. The van der Waals surface area contributed by atoms with Crippen molar-refractivity contribution < 1.29 is 14.3 Å². The van der Waals surface area contributed by atoms with Gasteiger partial charge in [0, 0.05) is 0 Å². The van der Waals surface area contributed by atoms with Crippen molar-refractivity contribution in [1.82, 2.24) is 9.97 Å². The summed E-state index contributed by atoms with van der Waals surface area (Å²) in [6, 6.07) is 1.53. The van der Waals surface area contributed by atoms with Crippen LogP contribution in [0, 0.1) is 0 Å². The average Bonchev–Trinajstić information content (AvgIpc) is 2.36. The molecule has 0 fully saturated rings. The fraction of sp³-hybridized carbons (Fsp3) is 0.500. The molecule has 6 nitrogen and oxygen atoms in total. The molecule has 94 valence electrons. The topological polar surface area (TPSA) is 73.3 Å². The third kappa shape index (κ3) is 3.85. The van der Waals surface area contributed by atoms with Gasteiger partial charge in [-0.25, -0.2) is 0 Å². The number of alkyl halides is 1. The highest BCUT2D eigenvalue weighted by Crippen LogP contribution is 2.18. The zero-order valence-corrected chi connectivity index (χ0v) is 11.4. The Kier molecular flexibility index (Phi) is 5.14. The molecular formula is C10H14BrN3O3. The van der Waals surface area contributed by atoms with E-state index in [1.807, 2.05) is 6.92 Å². The Balaban J connectivity index is 2.86. The molecule has 0 radical (unpaired) electrons. The number of amides is 1. The van der Waals surface area contributed by atoms with E-state index in [0.29, 0.717) is 18.2 Å². The van der Waals surface area contributed by atoms with E-state index in [4.69, 9.17) is 9.47 Å². The van der Waals surface area contributed by atoms with Crippen molar-refractivity contribution in [3.8, 4) is 11.8 Å².